The predicted molar refractivity (Wildman–Crippen MR) is 108 cm³/mol. The number of anilines is 4. The monoisotopic (exact) mass is 377 g/mol. The van der Waals surface area contributed by atoms with Crippen LogP contribution in [0.5, 0.6) is 0 Å². The fourth-order valence-electron chi connectivity index (χ4n) is 2.84. The molecular formula is C20H19N5O3. The summed E-state index contributed by atoms with van der Waals surface area (Å²) in [6.07, 6.45) is 1.25. The summed E-state index contributed by atoms with van der Waals surface area (Å²) >= 11 is 0. The van der Waals surface area contributed by atoms with Crippen molar-refractivity contribution in [3.8, 4) is 0 Å². The van der Waals surface area contributed by atoms with Crippen LogP contribution in [0.15, 0.2) is 48.8 Å². The third-order valence-electron chi connectivity index (χ3n) is 4.04. The molecule has 0 aliphatic carbocycles. The maximum atomic E-state index is 11.7. The van der Waals surface area contributed by atoms with Crippen molar-refractivity contribution in [3.05, 3.63) is 75.6 Å². The summed E-state index contributed by atoms with van der Waals surface area (Å²) in [6, 6.07) is 12.4. The zero-order valence-corrected chi connectivity index (χ0v) is 15.7. The van der Waals surface area contributed by atoms with Gasteiger partial charge in [-0.1, -0.05) is 6.07 Å². The molecule has 1 aromatic heterocycles. The van der Waals surface area contributed by atoms with Crippen LogP contribution in [0.4, 0.5) is 28.7 Å². The van der Waals surface area contributed by atoms with E-state index < -0.39 is 4.92 Å². The van der Waals surface area contributed by atoms with Crippen LogP contribution in [-0.4, -0.2) is 20.7 Å². The van der Waals surface area contributed by atoms with Gasteiger partial charge in [-0.15, -0.1) is 0 Å². The molecule has 0 spiro atoms. The van der Waals surface area contributed by atoms with Crippen LogP contribution in [-0.2, 0) is 0 Å². The second-order valence-electron chi connectivity index (χ2n) is 6.44. The van der Waals surface area contributed by atoms with Gasteiger partial charge in [-0.3, -0.25) is 14.9 Å². The van der Waals surface area contributed by atoms with Gasteiger partial charge in [0.15, 0.2) is 5.78 Å². The van der Waals surface area contributed by atoms with E-state index in [1.165, 1.54) is 13.3 Å². The molecule has 8 nitrogen and oxygen atoms in total. The van der Waals surface area contributed by atoms with Crippen molar-refractivity contribution in [2.24, 2.45) is 0 Å². The molecule has 0 radical (unpaired) electrons. The van der Waals surface area contributed by atoms with Gasteiger partial charge in [-0.25, -0.2) is 9.97 Å². The third-order valence-corrected chi connectivity index (χ3v) is 4.04. The lowest BCUT2D eigenvalue weighted by molar-refractivity contribution is -0.383. The number of aromatic nitrogens is 2. The normalized spacial score (nSPS) is 10.4. The van der Waals surface area contributed by atoms with E-state index in [4.69, 9.17) is 0 Å². The number of hydrogen-bond donors (Lipinski definition) is 2. The Bertz CT molecular complexity index is 1030. The van der Waals surface area contributed by atoms with E-state index in [0.29, 0.717) is 16.9 Å². The molecule has 3 rings (SSSR count). The molecule has 8 heteroatoms. The number of aryl methyl sites for hydroxylation is 2. The van der Waals surface area contributed by atoms with Crippen LogP contribution in [0, 0.1) is 24.0 Å². The summed E-state index contributed by atoms with van der Waals surface area (Å²) < 4.78 is 0. The second kappa shape index (κ2) is 7.83. The lowest BCUT2D eigenvalue weighted by Crippen LogP contribution is -2.06. The third kappa shape index (κ3) is 4.29. The number of carbonyl (C=O) groups is 1. The Morgan fingerprint density at radius 2 is 1.46 bits per heavy atom. The summed E-state index contributed by atoms with van der Waals surface area (Å²) in [5, 5.41) is 17.6. The first-order valence-electron chi connectivity index (χ1n) is 8.56. The van der Waals surface area contributed by atoms with E-state index in [2.05, 4.69) is 20.6 Å². The van der Waals surface area contributed by atoms with Crippen LogP contribution < -0.4 is 10.6 Å². The first kappa shape index (κ1) is 19.0. The van der Waals surface area contributed by atoms with Gasteiger partial charge in [-0.2, -0.15) is 0 Å². The molecule has 0 saturated carbocycles. The molecule has 0 unspecified atom stereocenters. The van der Waals surface area contributed by atoms with Crippen LogP contribution in [0.25, 0.3) is 0 Å². The molecule has 0 saturated heterocycles. The molecule has 0 amide bonds. The van der Waals surface area contributed by atoms with E-state index >= 15 is 0 Å². The maximum Gasteiger partial charge on any atom is 0.353 e. The first-order chi connectivity index (χ1) is 13.3. The molecule has 3 aromatic rings. The van der Waals surface area contributed by atoms with Crippen molar-refractivity contribution < 1.29 is 9.72 Å². The Morgan fingerprint density at radius 3 is 1.96 bits per heavy atom. The van der Waals surface area contributed by atoms with E-state index in [9.17, 15) is 14.9 Å². The van der Waals surface area contributed by atoms with E-state index in [1.54, 1.807) is 24.3 Å². The average molecular weight is 377 g/mol. The zero-order chi connectivity index (χ0) is 20.3. The van der Waals surface area contributed by atoms with Gasteiger partial charge in [0.1, 0.15) is 6.33 Å². The number of Topliss-reactive ketones (excluding diaryl/α,β-unsaturated/α-hetero) is 1. The lowest BCUT2D eigenvalue weighted by atomic mass is 10.1. The number of benzene rings is 2. The molecule has 0 bridgehead atoms. The Kier molecular flexibility index (Phi) is 5.30. The molecule has 0 atom stereocenters. The van der Waals surface area contributed by atoms with E-state index in [1.807, 2.05) is 32.0 Å². The predicted octanol–water partition coefficient (Wildman–Crippen LogP) is 4.69. The van der Waals surface area contributed by atoms with Crippen LogP contribution in [0.1, 0.15) is 28.4 Å². The fraction of sp³-hybridized carbons (Fsp3) is 0.150. The largest absolute Gasteiger partial charge is 0.353 e. The van der Waals surface area contributed by atoms with Gasteiger partial charge >= 0.3 is 5.69 Å². The summed E-state index contributed by atoms with van der Waals surface area (Å²) in [4.78, 5) is 30.6. The van der Waals surface area contributed by atoms with Crippen LogP contribution >= 0.6 is 0 Å². The molecule has 1 heterocycles. The average Bonchev–Trinajstić information content (AvgIpc) is 2.61. The summed E-state index contributed by atoms with van der Waals surface area (Å²) in [6.45, 7) is 5.37. The Morgan fingerprint density at radius 1 is 0.929 bits per heavy atom. The molecule has 142 valence electrons. The van der Waals surface area contributed by atoms with Crippen molar-refractivity contribution in [1.82, 2.24) is 9.97 Å². The minimum atomic E-state index is -0.530. The molecule has 0 aliphatic rings. The number of carbonyl (C=O) groups excluding carboxylic acids is 1. The van der Waals surface area contributed by atoms with Crippen molar-refractivity contribution in [3.63, 3.8) is 0 Å². The number of ketones is 1. The number of nitrogens with zero attached hydrogens (tertiary/aromatic N) is 3. The molecule has 28 heavy (non-hydrogen) atoms. The van der Waals surface area contributed by atoms with Gasteiger partial charge in [-0.05, 0) is 68.3 Å². The standard InChI is InChI=1S/C20H19N5O3/c1-12-8-13(2)10-17(9-12)24-20-18(25(27)28)19(21-11-22-20)23-16-6-4-15(5-7-16)14(3)26/h4-11H,1-3H3,(H2,21,22,23,24). The number of hydrogen-bond acceptors (Lipinski definition) is 7. The SMILES string of the molecule is CC(=O)c1ccc(Nc2ncnc(Nc3cc(C)cc(C)c3)c2[N+](=O)[O-])cc1. The number of rotatable bonds is 6. The highest BCUT2D eigenvalue weighted by molar-refractivity contribution is 5.94. The number of nitrogens with one attached hydrogen (secondary N) is 2. The van der Waals surface area contributed by atoms with Crippen molar-refractivity contribution in [2.75, 3.05) is 10.6 Å². The summed E-state index contributed by atoms with van der Waals surface area (Å²) in [5.41, 5.74) is 3.63. The zero-order valence-electron chi connectivity index (χ0n) is 15.7. The van der Waals surface area contributed by atoms with Gasteiger partial charge in [0.2, 0.25) is 11.6 Å². The molecular weight excluding hydrogens is 358 g/mol. The van der Waals surface area contributed by atoms with Gasteiger partial charge < -0.3 is 10.6 Å². The highest BCUT2D eigenvalue weighted by Crippen LogP contribution is 2.33. The van der Waals surface area contributed by atoms with Gasteiger partial charge in [0, 0.05) is 16.9 Å². The van der Waals surface area contributed by atoms with Gasteiger partial charge in [0.05, 0.1) is 4.92 Å². The first-order valence-corrected chi connectivity index (χ1v) is 8.56. The van der Waals surface area contributed by atoms with Crippen molar-refractivity contribution in [1.29, 1.82) is 0 Å². The van der Waals surface area contributed by atoms with Gasteiger partial charge in [0.25, 0.3) is 0 Å². The number of nitro groups is 1. The minimum Gasteiger partial charge on any atom is -0.334 e. The molecule has 0 aliphatic heterocycles. The Balaban J connectivity index is 1.95. The van der Waals surface area contributed by atoms with Crippen molar-refractivity contribution in [2.45, 2.75) is 20.8 Å². The summed E-state index contributed by atoms with van der Waals surface area (Å²) in [5.74, 6) is 0.0924. The van der Waals surface area contributed by atoms with E-state index in [0.717, 1.165) is 11.1 Å². The Hall–Kier alpha value is -3.81. The molecule has 2 N–H and O–H groups in total. The van der Waals surface area contributed by atoms with Crippen LogP contribution in [0.2, 0.25) is 0 Å². The maximum absolute atomic E-state index is 11.7. The molecule has 0 fully saturated rings. The lowest BCUT2D eigenvalue weighted by Gasteiger charge is -2.11. The minimum absolute atomic E-state index is 0.0560. The van der Waals surface area contributed by atoms with E-state index in [-0.39, 0.29) is 23.1 Å². The quantitative estimate of drug-likeness (QED) is 0.364. The second-order valence-corrected chi connectivity index (χ2v) is 6.44. The highest BCUT2D eigenvalue weighted by Gasteiger charge is 2.23. The van der Waals surface area contributed by atoms with Crippen LogP contribution in [0.3, 0.4) is 0 Å². The fourth-order valence-corrected chi connectivity index (χ4v) is 2.84. The topological polar surface area (TPSA) is 110 Å². The Labute approximate surface area is 161 Å². The smallest absolute Gasteiger partial charge is 0.334 e. The summed E-state index contributed by atoms with van der Waals surface area (Å²) in [7, 11) is 0. The highest BCUT2D eigenvalue weighted by atomic mass is 16.6. The molecule has 2 aromatic carbocycles. The van der Waals surface area contributed by atoms with Crippen molar-refractivity contribution >= 4 is 34.5 Å².